The summed E-state index contributed by atoms with van der Waals surface area (Å²) in [7, 11) is 1.70. The summed E-state index contributed by atoms with van der Waals surface area (Å²) in [6.45, 7) is 0. The van der Waals surface area contributed by atoms with E-state index in [1.807, 2.05) is 35.7 Å². The van der Waals surface area contributed by atoms with Crippen molar-refractivity contribution < 1.29 is 4.74 Å². The van der Waals surface area contributed by atoms with Gasteiger partial charge in [0.25, 0.3) is 0 Å². The number of methoxy groups -OCH3 is 1. The van der Waals surface area contributed by atoms with Crippen LogP contribution in [0.4, 0.5) is 0 Å². The van der Waals surface area contributed by atoms with Crippen molar-refractivity contribution >= 4 is 23.5 Å². The Balaban J connectivity index is 1.83. The molecule has 3 heteroatoms. The van der Waals surface area contributed by atoms with Crippen molar-refractivity contribution in [1.82, 2.24) is 0 Å². The molecular formula is C14H12OS2. The number of rotatable bonds is 2. The maximum absolute atomic E-state index is 5.18. The van der Waals surface area contributed by atoms with E-state index in [4.69, 9.17) is 4.74 Å². The second-order valence-electron chi connectivity index (χ2n) is 3.79. The van der Waals surface area contributed by atoms with E-state index in [2.05, 4.69) is 36.4 Å². The minimum atomic E-state index is 0.471. The summed E-state index contributed by atoms with van der Waals surface area (Å²) in [6, 6.07) is 16.9. The number of benzene rings is 2. The van der Waals surface area contributed by atoms with Crippen LogP contribution in [0.5, 0.6) is 5.75 Å². The average Bonchev–Trinajstić information content (AvgIpc) is 2.82. The molecule has 1 heterocycles. The number of fused-ring (bicyclic) bond motifs is 1. The van der Waals surface area contributed by atoms with E-state index in [0.717, 1.165) is 5.75 Å². The molecule has 0 aliphatic carbocycles. The summed E-state index contributed by atoms with van der Waals surface area (Å²) in [5, 5.41) is 0. The molecule has 1 aliphatic rings. The van der Waals surface area contributed by atoms with Gasteiger partial charge < -0.3 is 4.74 Å². The first kappa shape index (κ1) is 11.1. The Bertz CT molecular complexity index is 497. The summed E-state index contributed by atoms with van der Waals surface area (Å²) < 4.78 is 5.65. The van der Waals surface area contributed by atoms with Crippen molar-refractivity contribution in [3.63, 3.8) is 0 Å². The monoisotopic (exact) mass is 260 g/mol. The SMILES string of the molecule is COc1ccc(C2Sc3ccccc3S2)cc1. The predicted molar refractivity (Wildman–Crippen MR) is 73.9 cm³/mol. The molecule has 0 aromatic heterocycles. The first-order valence-corrected chi connectivity index (χ1v) is 7.19. The zero-order valence-corrected chi connectivity index (χ0v) is 11.1. The minimum Gasteiger partial charge on any atom is -0.497 e. The Hall–Kier alpha value is -1.06. The van der Waals surface area contributed by atoms with Gasteiger partial charge in [-0.25, -0.2) is 0 Å². The van der Waals surface area contributed by atoms with Crippen LogP contribution in [-0.4, -0.2) is 7.11 Å². The van der Waals surface area contributed by atoms with Crippen LogP contribution >= 0.6 is 23.5 Å². The van der Waals surface area contributed by atoms with Gasteiger partial charge in [-0.05, 0) is 29.8 Å². The molecule has 2 aromatic carbocycles. The number of hydrogen-bond acceptors (Lipinski definition) is 3. The highest BCUT2D eigenvalue weighted by Gasteiger charge is 2.23. The Morgan fingerprint density at radius 1 is 0.882 bits per heavy atom. The van der Waals surface area contributed by atoms with Crippen molar-refractivity contribution in [2.24, 2.45) is 0 Å². The Kier molecular flexibility index (Phi) is 3.04. The fourth-order valence-electron chi connectivity index (χ4n) is 1.80. The van der Waals surface area contributed by atoms with Gasteiger partial charge in [-0.2, -0.15) is 0 Å². The van der Waals surface area contributed by atoms with Crippen molar-refractivity contribution in [2.45, 2.75) is 14.4 Å². The lowest BCUT2D eigenvalue weighted by Gasteiger charge is -2.08. The van der Waals surface area contributed by atoms with E-state index in [1.165, 1.54) is 15.4 Å². The highest BCUT2D eigenvalue weighted by Crippen LogP contribution is 2.56. The first-order chi connectivity index (χ1) is 8.36. The van der Waals surface area contributed by atoms with E-state index in [-0.39, 0.29) is 0 Å². The van der Waals surface area contributed by atoms with Crippen LogP contribution < -0.4 is 4.74 Å². The molecule has 1 aliphatic heterocycles. The van der Waals surface area contributed by atoms with E-state index in [9.17, 15) is 0 Å². The minimum absolute atomic E-state index is 0.471. The maximum Gasteiger partial charge on any atom is 0.118 e. The molecule has 0 saturated carbocycles. The fourth-order valence-corrected chi connectivity index (χ4v) is 4.63. The molecular weight excluding hydrogens is 248 g/mol. The quantitative estimate of drug-likeness (QED) is 0.781. The number of thioether (sulfide) groups is 2. The zero-order valence-electron chi connectivity index (χ0n) is 9.42. The zero-order chi connectivity index (χ0) is 11.7. The molecule has 0 radical (unpaired) electrons. The summed E-state index contributed by atoms with van der Waals surface area (Å²) in [5.41, 5.74) is 1.34. The lowest BCUT2D eigenvalue weighted by molar-refractivity contribution is 0.414. The molecule has 0 bridgehead atoms. The molecule has 0 spiro atoms. The van der Waals surface area contributed by atoms with Crippen LogP contribution in [-0.2, 0) is 0 Å². The van der Waals surface area contributed by atoms with Crippen LogP contribution in [0, 0.1) is 0 Å². The standard InChI is InChI=1S/C14H12OS2/c1-15-11-8-6-10(7-9-11)14-16-12-4-2-3-5-13(12)17-14/h2-9,14H,1H3. The fraction of sp³-hybridized carbons (Fsp3) is 0.143. The van der Waals surface area contributed by atoms with E-state index in [0.29, 0.717) is 4.58 Å². The normalized spacial score (nSPS) is 14.6. The van der Waals surface area contributed by atoms with Crippen molar-refractivity contribution in [1.29, 1.82) is 0 Å². The molecule has 0 N–H and O–H groups in total. The highest BCUT2D eigenvalue weighted by atomic mass is 32.2. The Morgan fingerprint density at radius 2 is 1.47 bits per heavy atom. The molecule has 3 rings (SSSR count). The Labute approximate surface area is 110 Å². The smallest absolute Gasteiger partial charge is 0.118 e. The third-order valence-electron chi connectivity index (χ3n) is 2.71. The van der Waals surface area contributed by atoms with Gasteiger partial charge in [0.05, 0.1) is 11.7 Å². The van der Waals surface area contributed by atoms with Gasteiger partial charge in [0, 0.05) is 9.79 Å². The largest absolute Gasteiger partial charge is 0.497 e. The van der Waals surface area contributed by atoms with Crippen LogP contribution in [0.25, 0.3) is 0 Å². The third kappa shape index (κ3) is 2.17. The third-order valence-corrected chi connectivity index (χ3v) is 5.60. The van der Waals surface area contributed by atoms with Crippen molar-refractivity contribution in [3.05, 3.63) is 54.1 Å². The van der Waals surface area contributed by atoms with Gasteiger partial charge in [0.15, 0.2) is 0 Å². The molecule has 0 unspecified atom stereocenters. The predicted octanol–water partition coefficient (Wildman–Crippen LogP) is 4.59. The van der Waals surface area contributed by atoms with Gasteiger partial charge >= 0.3 is 0 Å². The molecule has 1 nitrogen and oxygen atoms in total. The van der Waals surface area contributed by atoms with Crippen molar-refractivity contribution in [3.8, 4) is 5.75 Å². The van der Waals surface area contributed by atoms with Gasteiger partial charge in [-0.1, -0.05) is 24.3 Å². The molecule has 2 aromatic rings. The first-order valence-electron chi connectivity index (χ1n) is 5.43. The summed E-state index contributed by atoms with van der Waals surface area (Å²) >= 11 is 3.85. The van der Waals surface area contributed by atoms with Crippen LogP contribution in [0.1, 0.15) is 10.1 Å². The number of hydrogen-bond donors (Lipinski definition) is 0. The van der Waals surface area contributed by atoms with Gasteiger partial charge in [-0.15, -0.1) is 23.5 Å². The van der Waals surface area contributed by atoms with Gasteiger partial charge in [-0.3, -0.25) is 0 Å². The molecule has 0 saturated heterocycles. The Morgan fingerprint density at radius 3 is 2.00 bits per heavy atom. The summed E-state index contributed by atoms with van der Waals surface area (Å²) in [5.74, 6) is 0.916. The second kappa shape index (κ2) is 4.67. The summed E-state index contributed by atoms with van der Waals surface area (Å²) in [4.78, 5) is 2.77. The molecule has 0 fully saturated rings. The van der Waals surface area contributed by atoms with Gasteiger partial charge in [0.2, 0.25) is 0 Å². The number of ether oxygens (including phenoxy) is 1. The van der Waals surface area contributed by atoms with Crippen LogP contribution in [0.15, 0.2) is 58.3 Å². The van der Waals surface area contributed by atoms with E-state index >= 15 is 0 Å². The molecule has 17 heavy (non-hydrogen) atoms. The lowest BCUT2D eigenvalue weighted by Crippen LogP contribution is -1.86. The van der Waals surface area contributed by atoms with Crippen LogP contribution in [0.2, 0.25) is 0 Å². The molecule has 86 valence electrons. The second-order valence-corrected chi connectivity index (χ2v) is 6.38. The highest BCUT2D eigenvalue weighted by molar-refractivity contribution is 8.18. The van der Waals surface area contributed by atoms with Gasteiger partial charge in [0.1, 0.15) is 5.75 Å². The topological polar surface area (TPSA) is 9.23 Å². The van der Waals surface area contributed by atoms with Crippen molar-refractivity contribution in [2.75, 3.05) is 7.11 Å². The van der Waals surface area contributed by atoms with E-state index in [1.54, 1.807) is 7.11 Å². The maximum atomic E-state index is 5.18. The molecule has 0 amide bonds. The van der Waals surface area contributed by atoms with Crippen LogP contribution in [0.3, 0.4) is 0 Å². The average molecular weight is 260 g/mol. The lowest BCUT2D eigenvalue weighted by atomic mass is 10.2. The molecule has 0 atom stereocenters. The van der Waals surface area contributed by atoms with E-state index < -0.39 is 0 Å². The summed E-state index contributed by atoms with van der Waals surface area (Å²) in [6.07, 6.45) is 0.